The number of aromatic nitrogens is 1. The number of aryl methyl sites for hydroxylation is 2. The van der Waals surface area contributed by atoms with E-state index in [4.69, 9.17) is 4.98 Å². The zero-order valence-corrected chi connectivity index (χ0v) is 18.8. The molecule has 1 aromatic heterocycles. The van der Waals surface area contributed by atoms with Crippen molar-refractivity contribution in [2.75, 3.05) is 0 Å². The average molecular weight is 503 g/mol. The van der Waals surface area contributed by atoms with E-state index in [2.05, 4.69) is 77.8 Å². The number of hydrogen-bond donors (Lipinski definition) is 0. The smallest absolute Gasteiger partial charge is 0.0798 e. The first kappa shape index (κ1) is 20.3. The van der Waals surface area contributed by atoms with E-state index in [1.165, 1.54) is 21.9 Å². The maximum Gasteiger partial charge on any atom is 0.0798 e. The third-order valence-corrected chi connectivity index (χ3v) is 6.03. The van der Waals surface area contributed by atoms with Crippen LogP contribution in [-0.2, 0) is 26.5 Å². The molecule has 0 fully saturated rings. The molecule has 0 aliphatic carbocycles. The van der Waals surface area contributed by atoms with Crippen LogP contribution in [0.1, 0.15) is 30.5 Å². The fraction of sp³-hybridized carbons (Fsp3) is 0.450. The summed E-state index contributed by atoms with van der Waals surface area (Å²) >= 11 is 0. The van der Waals surface area contributed by atoms with E-state index in [1.807, 2.05) is 0 Å². The molecule has 3 heteroatoms. The number of pyridine rings is 1. The first-order valence-electron chi connectivity index (χ1n) is 8.17. The standard InChI is InChI=1S/C20H28NSi.Ir/c1-14(2)10-17-12-19(21-13-20(17)22(5,6)7)18-9-8-15(3)11-16(18)4;/h8,11-14H,10H2,1-7H3;/q-1;. The van der Waals surface area contributed by atoms with Gasteiger partial charge in [-0.15, -0.1) is 34.9 Å². The van der Waals surface area contributed by atoms with Crippen molar-refractivity contribution in [3.63, 3.8) is 0 Å². The van der Waals surface area contributed by atoms with Crippen LogP contribution in [-0.4, -0.2) is 13.1 Å². The first-order chi connectivity index (χ1) is 10.2. The van der Waals surface area contributed by atoms with Crippen LogP contribution in [0.5, 0.6) is 0 Å². The van der Waals surface area contributed by atoms with Gasteiger partial charge in [0, 0.05) is 26.3 Å². The predicted octanol–water partition coefficient (Wildman–Crippen LogP) is 4.91. The number of benzene rings is 1. The molecule has 2 aromatic rings. The van der Waals surface area contributed by atoms with Crippen molar-refractivity contribution in [3.05, 3.63) is 47.2 Å². The zero-order valence-electron chi connectivity index (χ0n) is 15.4. The third kappa shape index (κ3) is 5.10. The van der Waals surface area contributed by atoms with E-state index < -0.39 is 8.07 Å². The van der Waals surface area contributed by atoms with Crippen LogP contribution in [0, 0.1) is 25.8 Å². The number of rotatable bonds is 4. The minimum absolute atomic E-state index is 0. The maximum atomic E-state index is 4.78. The Morgan fingerprint density at radius 3 is 2.30 bits per heavy atom. The summed E-state index contributed by atoms with van der Waals surface area (Å²) in [5.74, 6) is 0.661. The van der Waals surface area contributed by atoms with Crippen molar-refractivity contribution in [3.8, 4) is 11.3 Å². The Labute approximate surface area is 156 Å². The van der Waals surface area contributed by atoms with Crippen molar-refractivity contribution in [2.45, 2.75) is 53.8 Å². The Balaban J connectivity index is 0.00000264. The van der Waals surface area contributed by atoms with Gasteiger partial charge in [0.25, 0.3) is 0 Å². The molecule has 0 saturated heterocycles. The van der Waals surface area contributed by atoms with Gasteiger partial charge in [0.05, 0.1) is 8.07 Å². The largest absolute Gasteiger partial charge is 0.305 e. The summed E-state index contributed by atoms with van der Waals surface area (Å²) < 4.78 is 0. The molecule has 1 radical (unpaired) electrons. The monoisotopic (exact) mass is 503 g/mol. The molecular formula is C20H28IrNSi-. The van der Waals surface area contributed by atoms with Gasteiger partial charge in [0.2, 0.25) is 0 Å². The van der Waals surface area contributed by atoms with Gasteiger partial charge < -0.3 is 4.98 Å². The van der Waals surface area contributed by atoms with E-state index in [-0.39, 0.29) is 20.1 Å². The van der Waals surface area contributed by atoms with Crippen molar-refractivity contribution in [2.24, 2.45) is 5.92 Å². The number of nitrogens with zero attached hydrogens (tertiary/aromatic N) is 1. The molecule has 0 saturated carbocycles. The minimum Gasteiger partial charge on any atom is -0.305 e. The third-order valence-electron chi connectivity index (χ3n) is 3.96. The molecule has 0 atom stereocenters. The van der Waals surface area contributed by atoms with Crippen molar-refractivity contribution in [1.29, 1.82) is 0 Å². The molecular weight excluding hydrogens is 475 g/mol. The quantitative estimate of drug-likeness (QED) is 0.428. The summed E-state index contributed by atoms with van der Waals surface area (Å²) in [5, 5.41) is 1.50. The average Bonchev–Trinajstić information content (AvgIpc) is 2.36. The van der Waals surface area contributed by atoms with Crippen molar-refractivity contribution >= 4 is 13.3 Å². The first-order valence-corrected chi connectivity index (χ1v) is 11.7. The van der Waals surface area contributed by atoms with Crippen molar-refractivity contribution in [1.82, 2.24) is 4.98 Å². The molecule has 0 amide bonds. The molecule has 0 aliphatic rings. The molecule has 1 aromatic carbocycles. The van der Waals surface area contributed by atoms with Gasteiger partial charge in [-0.05, 0) is 23.2 Å². The van der Waals surface area contributed by atoms with Gasteiger partial charge >= 0.3 is 0 Å². The van der Waals surface area contributed by atoms with Gasteiger partial charge in [-0.3, -0.25) is 0 Å². The zero-order chi connectivity index (χ0) is 16.5. The van der Waals surface area contributed by atoms with Crippen LogP contribution in [0.2, 0.25) is 19.6 Å². The Morgan fingerprint density at radius 2 is 1.78 bits per heavy atom. The van der Waals surface area contributed by atoms with E-state index >= 15 is 0 Å². The van der Waals surface area contributed by atoms with Crippen LogP contribution in [0.25, 0.3) is 11.3 Å². The van der Waals surface area contributed by atoms with Gasteiger partial charge in [-0.2, -0.15) is 0 Å². The summed E-state index contributed by atoms with van der Waals surface area (Å²) in [6.07, 6.45) is 3.26. The Hall–Kier alpha value is -0.764. The SMILES string of the molecule is Cc1c[c-]c(-c2cc(CC(C)C)c([Si](C)(C)C)cn2)c(C)c1.[Ir]. The fourth-order valence-electron chi connectivity index (χ4n) is 2.95. The molecule has 0 spiro atoms. The summed E-state index contributed by atoms with van der Waals surface area (Å²) in [7, 11) is -1.36. The van der Waals surface area contributed by atoms with Crippen LogP contribution < -0.4 is 5.19 Å². The molecule has 23 heavy (non-hydrogen) atoms. The van der Waals surface area contributed by atoms with Gasteiger partial charge in [-0.1, -0.05) is 59.0 Å². The molecule has 1 heterocycles. The summed E-state index contributed by atoms with van der Waals surface area (Å²) in [6, 6.07) is 9.98. The van der Waals surface area contributed by atoms with Crippen LogP contribution in [0.4, 0.5) is 0 Å². The summed E-state index contributed by atoms with van der Waals surface area (Å²) in [6.45, 7) is 16.0. The normalized spacial score (nSPS) is 11.5. The van der Waals surface area contributed by atoms with Gasteiger partial charge in [0.15, 0.2) is 0 Å². The summed E-state index contributed by atoms with van der Waals surface area (Å²) in [4.78, 5) is 4.78. The van der Waals surface area contributed by atoms with E-state index in [9.17, 15) is 0 Å². The Bertz CT molecular complexity index is 672. The van der Waals surface area contributed by atoms with Gasteiger partial charge in [0.1, 0.15) is 0 Å². The maximum absolute atomic E-state index is 4.78. The predicted molar refractivity (Wildman–Crippen MR) is 99.5 cm³/mol. The molecule has 0 N–H and O–H groups in total. The van der Waals surface area contributed by atoms with E-state index in [0.29, 0.717) is 5.92 Å². The number of hydrogen-bond acceptors (Lipinski definition) is 1. The summed E-state index contributed by atoms with van der Waals surface area (Å²) in [5.41, 5.74) is 6.19. The molecule has 0 unspecified atom stereocenters. The van der Waals surface area contributed by atoms with Crippen molar-refractivity contribution < 1.29 is 20.1 Å². The second-order valence-electron chi connectivity index (χ2n) is 7.81. The molecule has 2 rings (SSSR count). The molecule has 0 aliphatic heterocycles. The second-order valence-corrected chi connectivity index (χ2v) is 12.8. The Morgan fingerprint density at radius 1 is 1.13 bits per heavy atom. The molecule has 0 bridgehead atoms. The van der Waals surface area contributed by atoms with Crippen LogP contribution >= 0.6 is 0 Å². The topological polar surface area (TPSA) is 12.9 Å². The minimum atomic E-state index is -1.36. The van der Waals surface area contributed by atoms with E-state index in [1.54, 1.807) is 0 Å². The molecule has 1 nitrogen and oxygen atoms in total. The second kappa shape index (κ2) is 7.87. The van der Waals surface area contributed by atoms with Gasteiger partial charge in [-0.25, -0.2) is 0 Å². The Kier molecular flexibility index (Phi) is 6.94. The van der Waals surface area contributed by atoms with E-state index in [0.717, 1.165) is 17.7 Å². The molecule has 127 valence electrons. The van der Waals surface area contributed by atoms with Crippen LogP contribution in [0.3, 0.4) is 0 Å². The van der Waals surface area contributed by atoms with Crippen LogP contribution in [0.15, 0.2) is 24.4 Å². The fourth-order valence-corrected chi connectivity index (χ4v) is 4.54.